The van der Waals surface area contributed by atoms with Gasteiger partial charge in [0, 0.05) is 18.9 Å². The van der Waals surface area contributed by atoms with E-state index in [1.54, 1.807) is 0 Å². The Morgan fingerprint density at radius 2 is 1.64 bits per heavy atom. The van der Waals surface area contributed by atoms with E-state index in [0.29, 0.717) is 6.54 Å². The average Bonchev–Trinajstić information content (AvgIpc) is 1.97. The highest BCUT2D eigenvalue weighted by Gasteiger charge is 2.42. The van der Waals surface area contributed by atoms with E-state index in [4.69, 9.17) is 15.6 Å². The lowest BCUT2D eigenvalue weighted by molar-refractivity contribution is 0.230. The van der Waals surface area contributed by atoms with Crippen LogP contribution in [0.3, 0.4) is 0 Å². The van der Waals surface area contributed by atoms with E-state index in [1.807, 2.05) is 0 Å². The van der Waals surface area contributed by atoms with E-state index in [0.717, 1.165) is 12.3 Å². The molecule has 0 saturated carbocycles. The molecule has 1 heterocycles. The molecule has 1 aliphatic rings. The molecule has 0 aromatic heterocycles. The Morgan fingerprint density at radius 3 is 2.00 bits per heavy atom. The van der Waals surface area contributed by atoms with Crippen LogP contribution >= 0.6 is 0 Å². The van der Waals surface area contributed by atoms with Gasteiger partial charge in [-0.05, 0) is 26.2 Å². The molecule has 0 radical (unpaired) electrons. The zero-order valence-electron chi connectivity index (χ0n) is 9.71. The van der Waals surface area contributed by atoms with Crippen molar-refractivity contribution >= 4 is 16.6 Å². The normalized spacial score (nSPS) is 28.7. The maximum absolute atomic E-state index is 6.23. The van der Waals surface area contributed by atoms with Crippen molar-refractivity contribution in [1.29, 1.82) is 0 Å². The minimum atomic E-state index is -1.52. The molecule has 0 aliphatic carbocycles. The van der Waals surface area contributed by atoms with Crippen LogP contribution in [0, 0.1) is 0 Å². The summed E-state index contributed by atoms with van der Waals surface area (Å²) < 4.78 is 6.23. The maximum Gasteiger partial charge on any atom is 0.187 e. The molecule has 1 atom stereocenters. The van der Waals surface area contributed by atoms with Gasteiger partial charge >= 0.3 is 0 Å². The Bertz CT molecular complexity index is 195. The van der Waals surface area contributed by atoms with Crippen LogP contribution in [0.4, 0.5) is 0 Å². The van der Waals surface area contributed by atoms with E-state index in [-0.39, 0.29) is 6.17 Å². The Balaban J connectivity index is 2.71. The first kappa shape index (κ1) is 12.3. The summed E-state index contributed by atoms with van der Waals surface area (Å²) in [5.41, 5.74) is 11.6. The Labute approximate surface area is 88.8 Å². The van der Waals surface area contributed by atoms with Gasteiger partial charge in [-0.25, -0.2) is 0 Å². The number of nitrogens with zero attached hydrogens (tertiary/aromatic N) is 1. The molecule has 0 bridgehead atoms. The molecule has 1 rings (SSSR count). The van der Waals surface area contributed by atoms with Gasteiger partial charge in [-0.1, -0.05) is 0 Å². The summed E-state index contributed by atoms with van der Waals surface area (Å²) in [4.78, 5) is 2.32. The van der Waals surface area contributed by atoms with Gasteiger partial charge in [0.2, 0.25) is 0 Å². The quantitative estimate of drug-likeness (QED) is 0.662. The predicted octanol–water partition coefficient (Wildman–Crippen LogP) is 0.0507. The van der Waals surface area contributed by atoms with Crippen LogP contribution in [-0.2, 0) is 4.12 Å². The summed E-state index contributed by atoms with van der Waals surface area (Å²) in [6, 6.07) is 0. The summed E-state index contributed by atoms with van der Waals surface area (Å²) >= 11 is 0. The second-order valence-electron chi connectivity index (χ2n) is 5.33. The van der Waals surface area contributed by atoms with E-state index in [9.17, 15) is 0 Å². The topological polar surface area (TPSA) is 64.5 Å². The fourth-order valence-electron chi connectivity index (χ4n) is 2.23. The largest absolute Gasteiger partial charge is 0.454 e. The zero-order valence-corrected chi connectivity index (χ0v) is 11.7. The Morgan fingerprint density at radius 1 is 1.21 bits per heavy atom. The van der Waals surface area contributed by atoms with E-state index < -0.39 is 16.6 Å². The first-order valence-corrected chi connectivity index (χ1v) is 11.4. The molecule has 6 heteroatoms. The zero-order chi connectivity index (χ0) is 11.0. The van der Waals surface area contributed by atoms with E-state index in [1.165, 1.54) is 0 Å². The van der Waals surface area contributed by atoms with Gasteiger partial charge < -0.3 is 15.6 Å². The molecule has 14 heavy (non-hydrogen) atoms. The standard InChI is InChI=1S/C8H23N3OSi2/c1-13(2)6-11(8(10)5-9)7-14(3,4)12-13/h8H,5-7,9-10H2,1-4H3/t8-/m0/s1. The summed E-state index contributed by atoms with van der Waals surface area (Å²) in [6.07, 6.45) is 2.04. The SMILES string of the molecule is C[Si]1(C)CN([C@H](N)CN)C[Si](C)(C)O1. The number of hydrogen-bond donors (Lipinski definition) is 2. The summed E-state index contributed by atoms with van der Waals surface area (Å²) in [6.45, 7) is 9.58. The van der Waals surface area contributed by atoms with Crippen molar-refractivity contribution in [2.75, 3.05) is 18.9 Å². The minimum Gasteiger partial charge on any atom is -0.454 e. The van der Waals surface area contributed by atoms with Crippen LogP contribution in [0.25, 0.3) is 0 Å². The summed E-state index contributed by atoms with van der Waals surface area (Å²) in [5.74, 6) is 0. The third-order valence-corrected chi connectivity index (χ3v) is 9.19. The molecule has 4 N–H and O–H groups in total. The van der Waals surface area contributed by atoms with Crippen LogP contribution < -0.4 is 11.5 Å². The molecule has 0 amide bonds. The monoisotopic (exact) mass is 233 g/mol. The van der Waals surface area contributed by atoms with Crippen molar-refractivity contribution in [2.45, 2.75) is 32.4 Å². The predicted molar refractivity (Wildman–Crippen MR) is 64.7 cm³/mol. The van der Waals surface area contributed by atoms with Crippen LogP contribution in [-0.4, -0.2) is 46.6 Å². The van der Waals surface area contributed by atoms with Gasteiger partial charge in [0.05, 0.1) is 6.17 Å². The lowest BCUT2D eigenvalue weighted by Gasteiger charge is -2.47. The molecular weight excluding hydrogens is 210 g/mol. The van der Waals surface area contributed by atoms with Crippen molar-refractivity contribution in [3.63, 3.8) is 0 Å². The molecular formula is C8H23N3OSi2. The lowest BCUT2D eigenvalue weighted by atomic mass is 10.5. The molecule has 1 fully saturated rings. The first-order chi connectivity index (χ1) is 6.26. The third-order valence-electron chi connectivity index (χ3n) is 2.43. The van der Waals surface area contributed by atoms with Gasteiger partial charge in [-0.15, -0.1) is 0 Å². The van der Waals surface area contributed by atoms with Crippen LogP contribution in [0.1, 0.15) is 0 Å². The van der Waals surface area contributed by atoms with Crippen LogP contribution in [0.2, 0.25) is 26.2 Å². The molecule has 0 spiro atoms. The highest BCUT2D eigenvalue weighted by atomic mass is 28.4. The van der Waals surface area contributed by atoms with Crippen LogP contribution in [0.5, 0.6) is 0 Å². The molecule has 0 unspecified atom stereocenters. The molecule has 0 aromatic rings. The summed E-state index contributed by atoms with van der Waals surface area (Å²) in [7, 11) is -3.03. The average molecular weight is 233 g/mol. The molecule has 4 nitrogen and oxygen atoms in total. The highest BCUT2D eigenvalue weighted by molar-refractivity contribution is 6.86. The Hall–Kier alpha value is 0.274. The van der Waals surface area contributed by atoms with E-state index in [2.05, 4.69) is 31.1 Å². The van der Waals surface area contributed by atoms with Gasteiger partial charge in [-0.2, -0.15) is 0 Å². The van der Waals surface area contributed by atoms with Crippen molar-refractivity contribution < 1.29 is 4.12 Å². The van der Waals surface area contributed by atoms with Gasteiger partial charge in [-0.3, -0.25) is 4.90 Å². The second kappa shape index (κ2) is 4.03. The fourth-order valence-corrected chi connectivity index (χ4v) is 11.6. The van der Waals surface area contributed by atoms with Crippen molar-refractivity contribution in [1.82, 2.24) is 4.90 Å². The number of rotatable bonds is 2. The third kappa shape index (κ3) is 3.14. The number of nitrogens with two attached hydrogens (primary N) is 2. The highest BCUT2D eigenvalue weighted by Crippen LogP contribution is 2.22. The maximum atomic E-state index is 6.23. The van der Waals surface area contributed by atoms with E-state index >= 15 is 0 Å². The van der Waals surface area contributed by atoms with Crippen molar-refractivity contribution in [2.24, 2.45) is 11.5 Å². The molecule has 1 aliphatic heterocycles. The minimum absolute atomic E-state index is 0.0115. The molecule has 84 valence electrons. The second-order valence-corrected chi connectivity index (χ2v) is 13.8. The first-order valence-electron chi connectivity index (χ1n) is 5.16. The summed E-state index contributed by atoms with van der Waals surface area (Å²) in [5, 5.41) is 0. The smallest absolute Gasteiger partial charge is 0.187 e. The molecule has 1 saturated heterocycles. The van der Waals surface area contributed by atoms with Crippen molar-refractivity contribution in [3.8, 4) is 0 Å². The van der Waals surface area contributed by atoms with Gasteiger partial charge in [0.25, 0.3) is 0 Å². The van der Waals surface area contributed by atoms with Crippen LogP contribution in [0.15, 0.2) is 0 Å². The number of hydrogen-bond acceptors (Lipinski definition) is 4. The lowest BCUT2D eigenvalue weighted by Crippen LogP contribution is -2.67. The van der Waals surface area contributed by atoms with Gasteiger partial charge in [0.15, 0.2) is 16.6 Å². The Kier molecular flexibility index (Phi) is 3.55. The molecule has 0 aromatic carbocycles. The van der Waals surface area contributed by atoms with Crippen molar-refractivity contribution in [3.05, 3.63) is 0 Å². The van der Waals surface area contributed by atoms with Gasteiger partial charge in [0.1, 0.15) is 0 Å². The fraction of sp³-hybridized carbons (Fsp3) is 1.00.